The van der Waals surface area contributed by atoms with Gasteiger partial charge in [0.2, 0.25) is 0 Å². The second-order valence-corrected chi connectivity index (χ2v) is 7.03. The van der Waals surface area contributed by atoms with Gasteiger partial charge in [0.1, 0.15) is 0 Å². The van der Waals surface area contributed by atoms with Gasteiger partial charge in [0.15, 0.2) is 0 Å². The molecule has 0 radical (unpaired) electrons. The van der Waals surface area contributed by atoms with Gasteiger partial charge in [-0.25, -0.2) is 4.79 Å². The van der Waals surface area contributed by atoms with Crippen LogP contribution in [0.2, 0.25) is 10.0 Å². The fraction of sp³-hybridized carbons (Fsp3) is 0.211. The predicted octanol–water partition coefficient (Wildman–Crippen LogP) is 4.83. The smallest absolute Gasteiger partial charge is 0.322 e. The van der Waals surface area contributed by atoms with Gasteiger partial charge in [-0.15, -0.1) is 0 Å². The van der Waals surface area contributed by atoms with E-state index in [1.165, 1.54) is 11.1 Å². The van der Waals surface area contributed by atoms with Crippen molar-refractivity contribution in [3.8, 4) is 0 Å². The van der Waals surface area contributed by atoms with Crippen LogP contribution in [0.15, 0.2) is 48.7 Å². The van der Waals surface area contributed by atoms with E-state index in [2.05, 4.69) is 33.4 Å². The maximum absolute atomic E-state index is 12.6. The molecule has 0 saturated carbocycles. The van der Waals surface area contributed by atoms with Gasteiger partial charge in [0, 0.05) is 49.0 Å². The number of hydrogen-bond acceptors (Lipinski definition) is 2. The van der Waals surface area contributed by atoms with E-state index in [1.807, 2.05) is 12.3 Å². The molecule has 2 amide bonds. The van der Waals surface area contributed by atoms with Crippen molar-refractivity contribution in [1.82, 2.24) is 9.88 Å². The molecule has 26 heavy (non-hydrogen) atoms. The lowest BCUT2D eigenvalue weighted by atomic mass is 10.2. The number of halogens is 2. The van der Waals surface area contributed by atoms with Crippen molar-refractivity contribution >= 4 is 51.5 Å². The van der Waals surface area contributed by atoms with E-state index in [-0.39, 0.29) is 6.03 Å². The number of para-hydroxylation sites is 1. The number of fused-ring (bicyclic) bond motifs is 1. The molecule has 1 aromatic heterocycles. The van der Waals surface area contributed by atoms with Crippen molar-refractivity contribution < 1.29 is 4.79 Å². The third-order valence-electron chi connectivity index (χ3n) is 4.67. The van der Waals surface area contributed by atoms with Crippen LogP contribution in [0.1, 0.15) is 0 Å². The van der Waals surface area contributed by atoms with Crippen LogP contribution in [-0.2, 0) is 0 Å². The summed E-state index contributed by atoms with van der Waals surface area (Å²) in [6.07, 6.45) is 1.95. The van der Waals surface area contributed by atoms with Crippen LogP contribution in [0.5, 0.6) is 0 Å². The molecule has 2 heterocycles. The third-order valence-corrected chi connectivity index (χ3v) is 5.30. The molecule has 2 aromatic carbocycles. The largest absolute Gasteiger partial charge is 0.367 e. The Morgan fingerprint density at radius 1 is 0.962 bits per heavy atom. The van der Waals surface area contributed by atoms with Crippen LogP contribution < -0.4 is 10.2 Å². The highest BCUT2D eigenvalue weighted by molar-refractivity contribution is 6.39. The lowest BCUT2D eigenvalue weighted by Gasteiger charge is -2.36. The average Bonchev–Trinajstić information content (AvgIpc) is 3.14. The van der Waals surface area contributed by atoms with Crippen molar-refractivity contribution in [1.29, 1.82) is 0 Å². The number of nitrogens with one attached hydrogen (secondary N) is 2. The summed E-state index contributed by atoms with van der Waals surface area (Å²) in [6, 6.07) is 13.3. The summed E-state index contributed by atoms with van der Waals surface area (Å²) in [5.74, 6) is 0. The monoisotopic (exact) mass is 388 g/mol. The van der Waals surface area contributed by atoms with Crippen molar-refractivity contribution in [3.63, 3.8) is 0 Å². The molecule has 1 fully saturated rings. The molecule has 0 unspecified atom stereocenters. The SMILES string of the molecule is O=C(Nc1c(Cl)cccc1Cl)N1CCN(c2cccc3[nH]ccc23)CC1. The molecule has 0 spiro atoms. The van der Waals surface area contributed by atoms with E-state index in [4.69, 9.17) is 23.2 Å². The van der Waals surface area contributed by atoms with Crippen LogP contribution in [0.4, 0.5) is 16.2 Å². The minimum Gasteiger partial charge on any atom is -0.367 e. The van der Waals surface area contributed by atoms with Crippen molar-refractivity contribution in [2.75, 3.05) is 36.4 Å². The van der Waals surface area contributed by atoms with Gasteiger partial charge in [0.25, 0.3) is 0 Å². The van der Waals surface area contributed by atoms with Crippen LogP contribution >= 0.6 is 23.2 Å². The Bertz CT molecular complexity index is 927. The normalized spacial score (nSPS) is 14.7. The number of piperazine rings is 1. The topological polar surface area (TPSA) is 51.4 Å². The molecule has 7 heteroatoms. The molecule has 3 aromatic rings. The number of amides is 2. The first kappa shape index (κ1) is 17.1. The Hall–Kier alpha value is -2.37. The molecule has 4 rings (SSSR count). The lowest BCUT2D eigenvalue weighted by molar-refractivity contribution is 0.208. The van der Waals surface area contributed by atoms with E-state index in [9.17, 15) is 4.79 Å². The third kappa shape index (κ3) is 3.20. The van der Waals surface area contributed by atoms with Gasteiger partial charge < -0.3 is 20.1 Å². The standard InChI is InChI=1S/C19H18Cl2N4O/c20-14-3-1-4-15(21)18(14)23-19(26)25-11-9-24(10-12-25)17-6-2-5-16-13(17)7-8-22-16/h1-8,22H,9-12H2,(H,23,26). The first-order valence-corrected chi connectivity index (χ1v) is 9.20. The number of anilines is 2. The Morgan fingerprint density at radius 3 is 2.38 bits per heavy atom. The first-order valence-electron chi connectivity index (χ1n) is 8.44. The molecule has 0 bridgehead atoms. The zero-order chi connectivity index (χ0) is 18.1. The molecule has 1 aliphatic heterocycles. The van der Waals surface area contributed by atoms with Crippen LogP contribution in [0.25, 0.3) is 10.9 Å². The van der Waals surface area contributed by atoms with E-state index >= 15 is 0 Å². The summed E-state index contributed by atoms with van der Waals surface area (Å²) in [5.41, 5.74) is 2.77. The lowest BCUT2D eigenvalue weighted by Crippen LogP contribution is -2.50. The highest BCUT2D eigenvalue weighted by atomic mass is 35.5. The second kappa shape index (κ2) is 7.09. The number of nitrogens with zero attached hydrogens (tertiary/aromatic N) is 2. The summed E-state index contributed by atoms with van der Waals surface area (Å²) in [6.45, 7) is 2.81. The minimum absolute atomic E-state index is 0.181. The summed E-state index contributed by atoms with van der Waals surface area (Å²) in [7, 11) is 0. The predicted molar refractivity (Wildman–Crippen MR) is 108 cm³/mol. The molecular weight excluding hydrogens is 371 g/mol. The van der Waals surface area contributed by atoms with E-state index < -0.39 is 0 Å². The van der Waals surface area contributed by atoms with Gasteiger partial charge in [0.05, 0.1) is 15.7 Å². The molecule has 0 atom stereocenters. The second-order valence-electron chi connectivity index (χ2n) is 6.22. The molecule has 1 aliphatic rings. The zero-order valence-electron chi connectivity index (χ0n) is 14.0. The van der Waals surface area contributed by atoms with Crippen LogP contribution in [0, 0.1) is 0 Å². The van der Waals surface area contributed by atoms with Gasteiger partial charge >= 0.3 is 6.03 Å². The Morgan fingerprint density at radius 2 is 1.65 bits per heavy atom. The zero-order valence-corrected chi connectivity index (χ0v) is 15.5. The molecule has 0 aliphatic carbocycles. The van der Waals surface area contributed by atoms with Crippen LogP contribution in [0.3, 0.4) is 0 Å². The van der Waals surface area contributed by atoms with Gasteiger partial charge in [-0.1, -0.05) is 35.3 Å². The Balaban J connectivity index is 1.43. The Kier molecular flexibility index (Phi) is 4.66. The van der Waals surface area contributed by atoms with Crippen LogP contribution in [-0.4, -0.2) is 42.1 Å². The van der Waals surface area contributed by atoms with E-state index in [0.717, 1.165) is 18.6 Å². The first-order chi connectivity index (χ1) is 12.6. The van der Waals surface area contributed by atoms with Gasteiger partial charge in [-0.2, -0.15) is 0 Å². The molecular formula is C19H18Cl2N4O. The van der Waals surface area contributed by atoms with E-state index in [1.54, 1.807) is 23.1 Å². The summed E-state index contributed by atoms with van der Waals surface area (Å²) < 4.78 is 0. The summed E-state index contributed by atoms with van der Waals surface area (Å²) in [4.78, 5) is 19.9. The molecule has 1 saturated heterocycles. The van der Waals surface area contributed by atoms with Crippen molar-refractivity contribution in [2.24, 2.45) is 0 Å². The highest BCUT2D eigenvalue weighted by Crippen LogP contribution is 2.30. The molecule has 2 N–H and O–H groups in total. The minimum atomic E-state index is -0.181. The quantitative estimate of drug-likeness (QED) is 0.660. The summed E-state index contributed by atoms with van der Waals surface area (Å²) in [5, 5.41) is 4.90. The number of carbonyl (C=O) groups excluding carboxylic acids is 1. The number of aromatic amines is 1. The number of H-pyrrole nitrogens is 1. The highest BCUT2D eigenvalue weighted by Gasteiger charge is 2.23. The summed E-state index contributed by atoms with van der Waals surface area (Å²) >= 11 is 12.3. The number of rotatable bonds is 2. The van der Waals surface area contributed by atoms with Crippen molar-refractivity contribution in [2.45, 2.75) is 0 Å². The molecule has 134 valence electrons. The average molecular weight is 389 g/mol. The van der Waals surface area contributed by atoms with Crippen molar-refractivity contribution in [3.05, 3.63) is 58.7 Å². The van der Waals surface area contributed by atoms with Gasteiger partial charge in [-0.05, 0) is 30.3 Å². The number of carbonyl (C=O) groups is 1. The fourth-order valence-electron chi connectivity index (χ4n) is 3.30. The fourth-order valence-corrected chi connectivity index (χ4v) is 3.79. The maximum atomic E-state index is 12.6. The Labute approximate surface area is 161 Å². The number of benzene rings is 2. The van der Waals surface area contributed by atoms with Gasteiger partial charge in [-0.3, -0.25) is 0 Å². The molecule has 5 nitrogen and oxygen atoms in total. The van der Waals surface area contributed by atoms with E-state index in [0.29, 0.717) is 28.8 Å². The number of hydrogen-bond donors (Lipinski definition) is 2. The number of aromatic nitrogens is 1. The number of urea groups is 1. The maximum Gasteiger partial charge on any atom is 0.322 e.